The average molecular weight is 360 g/mol. The Balaban J connectivity index is 2.50. The first-order chi connectivity index (χ1) is 12.0. The highest BCUT2D eigenvalue weighted by Gasteiger charge is 2.26. The van der Waals surface area contributed by atoms with Crippen LogP contribution in [0.3, 0.4) is 0 Å². The summed E-state index contributed by atoms with van der Waals surface area (Å²) in [6, 6.07) is 8.92. The van der Waals surface area contributed by atoms with Crippen LogP contribution in [0.2, 0.25) is 0 Å². The van der Waals surface area contributed by atoms with Crippen LogP contribution in [0.4, 0.5) is 5.69 Å². The molecular weight excluding hydrogens is 344 g/mol. The van der Waals surface area contributed by atoms with Crippen LogP contribution in [-0.4, -0.2) is 32.3 Å². The SMILES string of the molecule is CCOC(=O)COc1c(C(=O)OC)sc(-c2cccc(N)c2)c1C#N. The molecule has 8 heteroatoms. The van der Waals surface area contributed by atoms with Crippen molar-refractivity contribution in [3.05, 3.63) is 34.7 Å². The Morgan fingerprint density at radius 1 is 1.36 bits per heavy atom. The Hall–Kier alpha value is -3.05. The Labute approximate surface area is 148 Å². The van der Waals surface area contributed by atoms with Crippen LogP contribution in [0.15, 0.2) is 24.3 Å². The van der Waals surface area contributed by atoms with Gasteiger partial charge in [-0.1, -0.05) is 12.1 Å². The number of thiophene rings is 1. The molecule has 2 rings (SSSR count). The summed E-state index contributed by atoms with van der Waals surface area (Å²) >= 11 is 1.04. The van der Waals surface area contributed by atoms with E-state index in [2.05, 4.69) is 0 Å². The molecule has 0 aliphatic heterocycles. The van der Waals surface area contributed by atoms with E-state index in [4.69, 9.17) is 19.9 Å². The van der Waals surface area contributed by atoms with Crippen molar-refractivity contribution in [2.24, 2.45) is 0 Å². The number of carbonyl (C=O) groups is 2. The lowest BCUT2D eigenvalue weighted by Gasteiger charge is -2.06. The van der Waals surface area contributed by atoms with Crippen molar-refractivity contribution in [3.63, 3.8) is 0 Å². The van der Waals surface area contributed by atoms with Crippen LogP contribution >= 0.6 is 11.3 Å². The normalized spacial score (nSPS) is 9.96. The summed E-state index contributed by atoms with van der Waals surface area (Å²) in [5.41, 5.74) is 7.11. The highest BCUT2D eigenvalue weighted by Crippen LogP contribution is 2.42. The van der Waals surface area contributed by atoms with E-state index in [1.807, 2.05) is 6.07 Å². The smallest absolute Gasteiger partial charge is 0.351 e. The quantitative estimate of drug-likeness (QED) is 0.622. The van der Waals surface area contributed by atoms with Gasteiger partial charge < -0.3 is 19.9 Å². The van der Waals surface area contributed by atoms with Gasteiger partial charge in [0.25, 0.3) is 0 Å². The number of benzene rings is 1. The predicted octanol–water partition coefficient (Wildman–Crippen LogP) is 2.60. The third kappa shape index (κ3) is 4.08. The minimum absolute atomic E-state index is 0.00447. The Kier molecular flexibility index (Phi) is 5.98. The number of anilines is 1. The van der Waals surface area contributed by atoms with E-state index in [0.29, 0.717) is 16.1 Å². The summed E-state index contributed by atoms with van der Waals surface area (Å²) in [5.74, 6) is -1.25. The highest BCUT2D eigenvalue weighted by atomic mass is 32.1. The molecule has 7 nitrogen and oxygen atoms in total. The van der Waals surface area contributed by atoms with Crippen LogP contribution in [0, 0.1) is 11.3 Å². The highest BCUT2D eigenvalue weighted by molar-refractivity contribution is 7.18. The number of nitriles is 1. The van der Waals surface area contributed by atoms with Gasteiger partial charge in [-0.3, -0.25) is 0 Å². The van der Waals surface area contributed by atoms with E-state index < -0.39 is 18.5 Å². The van der Waals surface area contributed by atoms with Gasteiger partial charge in [-0.15, -0.1) is 11.3 Å². The number of methoxy groups -OCH3 is 1. The molecule has 0 amide bonds. The summed E-state index contributed by atoms with van der Waals surface area (Å²) in [6.45, 7) is 1.45. The molecule has 130 valence electrons. The molecule has 2 N–H and O–H groups in total. The molecule has 0 spiro atoms. The fraction of sp³-hybridized carbons (Fsp3) is 0.235. The van der Waals surface area contributed by atoms with Crippen LogP contribution in [0.25, 0.3) is 10.4 Å². The largest absolute Gasteiger partial charge is 0.479 e. The van der Waals surface area contributed by atoms with Crippen molar-refractivity contribution in [2.75, 3.05) is 26.1 Å². The Morgan fingerprint density at radius 2 is 2.12 bits per heavy atom. The van der Waals surface area contributed by atoms with Crippen LogP contribution in [0.5, 0.6) is 5.75 Å². The molecule has 0 fully saturated rings. The zero-order valence-corrected chi connectivity index (χ0v) is 14.5. The molecule has 0 radical (unpaired) electrons. The summed E-state index contributed by atoms with van der Waals surface area (Å²) < 4.78 is 14.9. The third-order valence-electron chi connectivity index (χ3n) is 3.14. The Bertz CT molecular complexity index is 838. The maximum atomic E-state index is 12.0. The van der Waals surface area contributed by atoms with Crippen LogP contribution in [0.1, 0.15) is 22.2 Å². The fourth-order valence-electron chi connectivity index (χ4n) is 2.10. The molecule has 0 saturated carbocycles. The van der Waals surface area contributed by atoms with Crippen molar-refractivity contribution in [3.8, 4) is 22.3 Å². The van der Waals surface area contributed by atoms with Gasteiger partial charge in [0.2, 0.25) is 0 Å². The van der Waals surface area contributed by atoms with Crippen molar-refractivity contribution in [1.82, 2.24) is 0 Å². The predicted molar refractivity (Wildman–Crippen MR) is 92.3 cm³/mol. The van der Waals surface area contributed by atoms with E-state index in [1.165, 1.54) is 7.11 Å². The first-order valence-corrected chi connectivity index (χ1v) is 8.13. The Morgan fingerprint density at radius 3 is 2.72 bits per heavy atom. The monoisotopic (exact) mass is 360 g/mol. The van der Waals surface area contributed by atoms with E-state index >= 15 is 0 Å². The lowest BCUT2D eigenvalue weighted by atomic mass is 10.1. The molecular formula is C17H16N2O5S. The number of nitrogen functional groups attached to an aromatic ring is 1. The van der Waals surface area contributed by atoms with Crippen LogP contribution < -0.4 is 10.5 Å². The minimum atomic E-state index is -0.657. The number of ether oxygens (including phenoxy) is 3. The van der Waals surface area contributed by atoms with Gasteiger partial charge in [0, 0.05) is 5.69 Å². The number of hydrogen-bond donors (Lipinski definition) is 1. The van der Waals surface area contributed by atoms with Gasteiger partial charge in [-0.05, 0) is 24.6 Å². The first-order valence-electron chi connectivity index (χ1n) is 7.31. The van der Waals surface area contributed by atoms with Gasteiger partial charge in [0.15, 0.2) is 17.2 Å². The topological polar surface area (TPSA) is 112 Å². The molecule has 1 aromatic heterocycles. The van der Waals surface area contributed by atoms with E-state index in [9.17, 15) is 14.9 Å². The lowest BCUT2D eigenvalue weighted by Crippen LogP contribution is -2.16. The number of nitrogens with two attached hydrogens (primary N) is 1. The summed E-state index contributed by atoms with van der Waals surface area (Å²) in [5, 5.41) is 9.54. The number of esters is 2. The molecule has 0 unspecified atom stereocenters. The molecule has 0 aliphatic rings. The maximum absolute atomic E-state index is 12.0. The van der Waals surface area contributed by atoms with Gasteiger partial charge in [0.05, 0.1) is 18.6 Å². The fourth-order valence-corrected chi connectivity index (χ4v) is 3.21. The zero-order chi connectivity index (χ0) is 18.4. The van der Waals surface area contributed by atoms with E-state index in [-0.39, 0.29) is 22.8 Å². The molecule has 0 aliphatic carbocycles. The van der Waals surface area contributed by atoms with Gasteiger partial charge in [-0.25, -0.2) is 9.59 Å². The lowest BCUT2D eigenvalue weighted by molar-refractivity contribution is -0.145. The molecule has 25 heavy (non-hydrogen) atoms. The van der Waals surface area contributed by atoms with Crippen molar-refractivity contribution < 1.29 is 23.8 Å². The molecule has 1 heterocycles. The van der Waals surface area contributed by atoms with Crippen LogP contribution in [-0.2, 0) is 14.3 Å². The molecule has 0 saturated heterocycles. The number of carbonyl (C=O) groups excluding carboxylic acids is 2. The number of hydrogen-bond acceptors (Lipinski definition) is 8. The minimum Gasteiger partial charge on any atom is -0.479 e. The number of rotatable bonds is 6. The summed E-state index contributed by atoms with van der Waals surface area (Å²) in [6.07, 6.45) is 0. The number of nitrogens with zero attached hydrogens (tertiary/aromatic N) is 1. The van der Waals surface area contributed by atoms with Gasteiger partial charge >= 0.3 is 11.9 Å². The van der Waals surface area contributed by atoms with Gasteiger partial charge in [-0.2, -0.15) is 5.26 Å². The first kappa shape index (κ1) is 18.3. The molecule has 1 aromatic carbocycles. The molecule has 2 aromatic rings. The van der Waals surface area contributed by atoms with Crippen molar-refractivity contribution in [1.29, 1.82) is 5.26 Å². The second kappa shape index (κ2) is 8.17. The second-order valence-corrected chi connectivity index (χ2v) is 5.81. The zero-order valence-electron chi connectivity index (χ0n) is 13.7. The standard InChI is InChI=1S/C17H16N2O5S/c1-3-23-13(20)9-24-14-12(8-18)15(25-16(14)17(21)22-2)10-5-4-6-11(19)7-10/h4-7H,3,9,19H2,1-2H3. The van der Waals surface area contributed by atoms with E-state index in [0.717, 1.165) is 11.3 Å². The third-order valence-corrected chi connectivity index (χ3v) is 4.34. The second-order valence-electron chi connectivity index (χ2n) is 4.79. The maximum Gasteiger partial charge on any atom is 0.351 e. The summed E-state index contributed by atoms with van der Waals surface area (Å²) in [4.78, 5) is 24.2. The van der Waals surface area contributed by atoms with E-state index in [1.54, 1.807) is 31.2 Å². The molecule has 0 bridgehead atoms. The van der Waals surface area contributed by atoms with Gasteiger partial charge in [0.1, 0.15) is 11.6 Å². The van der Waals surface area contributed by atoms with Crippen molar-refractivity contribution >= 4 is 29.0 Å². The summed E-state index contributed by atoms with van der Waals surface area (Å²) in [7, 11) is 1.23. The van der Waals surface area contributed by atoms with Crippen molar-refractivity contribution in [2.45, 2.75) is 6.92 Å². The average Bonchev–Trinajstić information content (AvgIpc) is 2.98. The molecule has 0 atom stereocenters.